The van der Waals surface area contributed by atoms with Gasteiger partial charge < -0.3 is 0 Å². The molecule has 1 aliphatic carbocycles. The van der Waals surface area contributed by atoms with Gasteiger partial charge in [-0.3, -0.25) is 0 Å². The highest BCUT2D eigenvalue weighted by Gasteiger charge is 2.18. The van der Waals surface area contributed by atoms with Crippen LogP contribution in [0.1, 0.15) is 51.9 Å². The van der Waals surface area contributed by atoms with Crippen LogP contribution in [-0.2, 0) is 0 Å². The lowest BCUT2D eigenvalue weighted by Gasteiger charge is -2.16. The Labute approximate surface area is 87.4 Å². The highest BCUT2D eigenvalue weighted by atomic mass is 35.5. The zero-order valence-electron chi connectivity index (χ0n) is 8.69. The molecule has 0 aromatic heterocycles. The van der Waals surface area contributed by atoms with Gasteiger partial charge in [0.2, 0.25) is 0 Å². The van der Waals surface area contributed by atoms with E-state index in [0.29, 0.717) is 5.38 Å². The Morgan fingerprint density at radius 1 is 1.38 bits per heavy atom. The second-order valence-electron chi connectivity index (χ2n) is 4.29. The normalized spacial score (nSPS) is 29.7. The third-order valence-corrected chi connectivity index (χ3v) is 3.44. The van der Waals surface area contributed by atoms with Crippen molar-refractivity contribution in [3.8, 4) is 0 Å². The molecule has 1 aliphatic rings. The first-order chi connectivity index (χ1) is 6.22. The largest absolute Gasteiger partial charge is 0.123 e. The molecule has 76 valence electrons. The van der Waals surface area contributed by atoms with E-state index in [1.54, 1.807) is 0 Å². The lowest BCUT2D eigenvalue weighted by atomic mass is 9.92. The van der Waals surface area contributed by atoms with Crippen molar-refractivity contribution in [2.45, 2.75) is 57.2 Å². The minimum absolute atomic E-state index is 0.428. The molecule has 0 spiro atoms. The molecule has 0 N–H and O–H groups in total. The van der Waals surface area contributed by atoms with Crippen molar-refractivity contribution in [2.24, 2.45) is 5.92 Å². The average Bonchev–Trinajstić information content (AvgIpc) is 2.30. The summed E-state index contributed by atoms with van der Waals surface area (Å²) in [6.07, 6.45) is 8.82. The van der Waals surface area contributed by atoms with Gasteiger partial charge in [-0.1, -0.05) is 38.3 Å². The molecule has 0 aromatic rings. The van der Waals surface area contributed by atoms with Crippen molar-refractivity contribution in [3.05, 3.63) is 12.2 Å². The Balaban J connectivity index is 2.34. The highest BCUT2D eigenvalue weighted by Crippen LogP contribution is 2.30. The summed E-state index contributed by atoms with van der Waals surface area (Å²) in [6, 6.07) is 0. The molecule has 0 heterocycles. The highest BCUT2D eigenvalue weighted by molar-refractivity contribution is 6.20. The van der Waals surface area contributed by atoms with E-state index < -0.39 is 0 Å². The Morgan fingerprint density at radius 3 is 2.77 bits per heavy atom. The van der Waals surface area contributed by atoms with Crippen LogP contribution in [0.2, 0.25) is 0 Å². The Kier molecular flexibility index (Phi) is 4.87. The lowest BCUT2D eigenvalue weighted by molar-refractivity contribution is 0.455. The third-order valence-electron chi connectivity index (χ3n) is 3.05. The fourth-order valence-electron chi connectivity index (χ4n) is 2.13. The van der Waals surface area contributed by atoms with Gasteiger partial charge in [-0.25, -0.2) is 0 Å². The van der Waals surface area contributed by atoms with E-state index in [2.05, 4.69) is 13.5 Å². The second-order valence-corrected chi connectivity index (χ2v) is 4.91. The number of hydrogen-bond acceptors (Lipinski definition) is 0. The van der Waals surface area contributed by atoms with E-state index in [9.17, 15) is 0 Å². The molecule has 1 heteroatoms. The van der Waals surface area contributed by atoms with Gasteiger partial charge in [0.05, 0.1) is 0 Å². The van der Waals surface area contributed by atoms with Gasteiger partial charge >= 0.3 is 0 Å². The summed E-state index contributed by atoms with van der Waals surface area (Å²) < 4.78 is 0. The van der Waals surface area contributed by atoms with Crippen LogP contribution in [0.25, 0.3) is 0 Å². The Hall–Kier alpha value is 0.0300. The van der Waals surface area contributed by atoms with Crippen molar-refractivity contribution in [3.63, 3.8) is 0 Å². The number of hydrogen-bond donors (Lipinski definition) is 0. The first-order valence-electron chi connectivity index (χ1n) is 5.53. The molecule has 0 aromatic carbocycles. The van der Waals surface area contributed by atoms with E-state index >= 15 is 0 Å². The number of alkyl halides is 1. The molecule has 0 amide bonds. The van der Waals surface area contributed by atoms with E-state index in [1.165, 1.54) is 44.1 Å². The number of halogens is 1. The molecule has 0 bridgehead atoms. The van der Waals surface area contributed by atoms with E-state index in [4.69, 9.17) is 11.6 Å². The topological polar surface area (TPSA) is 0 Å². The number of allylic oxidation sites excluding steroid dienone is 1. The molecular formula is C12H21Cl. The molecule has 0 nitrogen and oxygen atoms in total. The molecule has 0 saturated heterocycles. The van der Waals surface area contributed by atoms with Crippen LogP contribution in [0.3, 0.4) is 0 Å². The predicted octanol–water partition coefficient (Wildman–Crippen LogP) is 4.53. The van der Waals surface area contributed by atoms with Crippen molar-refractivity contribution in [1.82, 2.24) is 0 Å². The van der Waals surface area contributed by atoms with E-state index in [0.717, 1.165) is 12.3 Å². The predicted molar refractivity (Wildman–Crippen MR) is 60.3 cm³/mol. The van der Waals surface area contributed by atoms with Gasteiger partial charge in [-0.15, -0.1) is 11.6 Å². The Bertz CT molecular complexity index is 163. The van der Waals surface area contributed by atoms with Crippen molar-refractivity contribution >= 4 is 11.6 Å². The van der Waals surface area contributed by atoms with Crippen molar-refractivity contribution in [2.75, 3.05) is 0 Å². The zero-order chi connectivity index (χ0) is 9.68. The Morgan fingerprint density at radius 2 is 2.08 bits per heavy atom. The summed E-state index contributed by atoms with van der Waals surface area (Å²) in [5, 5.41) is 0.428. The summed E-state index contributed by atoms with van der Waals surface area (Å²) >= 11 is 6.21. The monoisotopic (exact) mass is 200 g/mol. The maximum atomic E-state index is 6.21. The fourth-order valence-corrected chi connectivity index (χ4v) is 2.54. The van der Waals surface area contributed by atoms with Crippen LogP contribution in [0, 0.1) is 5.92 Å². The zero-order valence-corrected chi connectivity index (χ0v) is 9.45. The van der Waals surface area contributed by atoms with Crippen molar-refractivity contribution in [1.29, 1.82) is 0 Å². The summed E-state index contributed by atoms with van der Waals surface area (Å²) in [7, 11) is 0. The van der Waals surface area contributed by atoms with Gasteiger partial charge in [0.25, 0.3) is 0 Å². The lowest BCUT2D eigenvalue weighted by Crippen LogP contribution is -2.06. The fraction of sp³-hybridized carbons (Fsp3) is 0.833. The SMILES string of the molecule is C=C(CC)CC1CCCCC(Cl)C1. The molecule has 0 aliphatic heterocycles. The molecule has 2 atom stereocenters. The minimum Gasteiger partial charge on any atom is -0.123 e. The van der Waals surface area contributed by atoms with Crippen LogP contribution in [-0.4, -0.2) is 5.38 Å². The molecule has 2 unspecified atom stereocenters. The first-order valence-corrected chi connectivity index (χ1v) is 5.96. The van der Waals surface area contributed by atoms with Gasteiger partial charge in [-0.05, 0) is 31.6 Å². The molecule has 13 heavy (non-hydrogen) atoms. The maximum Gasteiger partial charge on any atom is 0.0338 e. The van der Waals surface area contributed by atoms with Gasteiger partial charge in [0, 0.05) is 5.38 Å². The molecule has 1 fully saturated rings. The second kappa shape index (κ2) is 5.70. The smallest absolute Gasteiger partial charge is 0.0338 e. The maximum absolute atomic E-state index is 6.21. The van der Waals surface area contributed by atoms with E-state index in [1.807, 2.05) is 0 Å². The first kappa shape index (κ1) is 11.1. The van der Waals surface area contributed by atoms with Crippen LogP contribution in [0.4, 0.5) is 0 Å². The molecule has 0 radical (unpaired) electrons. The summed E-state index contributed by atoms with van der Waals surface area (Å²) in [5.41, 5.74) is 1.40. The van der Waals surface area contributed by atoms with Gasteiger partial charge in [-0.2, -0.15) is 0 Å². The van der Waals surface area contributed by atoms with Crippen LogP contribution in [0.5, 0.6) is 0 Å². The third kappa shape index (κ3) is 4.17. The molecule has 1 rings (SSSR count). The van der Waals surface area contributed by atoms with Crippen LogP contribution in [0.15, 0.2) is 12.2 Å². The molecule has 1 saturated carbocycles. The quantitative estimate of drug-likeness (QED) is 0.357. The van der Waals surface area contributed by atoms with Gasteiger partial charge in [0.15, 0.2) is 0 Å². The molecular weight excluding hydrogens is 180 g/mol. The van der Waals surface area contributed by atoms with E-state index in [-0.39, 0.29) is 0 Å². The summed E-state index contributed by atoms with van der Waals surface area (Å²) in [6.45, 7) is 6.27. The standard InChI is InChI=1S/C12H21Cl/c1-3-10(2)8-11-6-4-5-7-12(13)9-11/h11-12H,2-9H2,1H3. The van der Waals surface area contributed by atoms with Gasteiger partial charge in [0.1, 0.15) is 0 Å². The van der Waals surface area contributed by atoms with Crippen LogP contribution < -0.4 is 0 Å². The average molecular weight is 201 g/mol. The summed E-state index contributed by atoms with van der Waals surface area (Å²) in [5.74, 6) is 0.817. The minimum atomic E-state index is 0.428. The summed E-state index contributed by atoms with van der Waals surface area (Å²) in [4.78, 5) is 0. The van der Waals surface area contributed by atoms with Crippen LogP contribution >= 0.6 is 11.6 Å². The van der Waals surface area contributed by atoms with Crippen molar-refractivity contribution < 1.29 is 0 Å². The number of rotatable bonds is 3.